The van der Waals surface area contributed by atoms with Gasteiger partial charge in [0.2, 0.25) is 0 Å². The van der Waals surface area contributed by atoms with Crippen LogP contribution in [0.5, 0.6) is 0 Å². The van der Waals surface area contributed by atoms with E-state index in [1.54, 1.807) is 18.5 Å². The van der Waals surface area contributed by atoms with E-state index in [1.165, 1.54) is 11.9 Å². The number of pyridine rings is 1. The predicted molar refractivity (Wildman–Crippen MR) is 146 cm³/mol. The number of rotatable bonds is 13. The van der Waals surface area contributed by atoms with E-state index in [-0.39, 0.29) is 12.0 Å². The molecule has 8 nitrogen and oxygen atoms in total. The second-order valence-corrected chi connectivity index (χ2v) is 10.3. The molecule has 0 saturated carbocycles. The van der Waals surface area contributed by atoms with Crippen molar-refractivity contribution < 1.29 is 14.6 Å². The van der Waals surface area contributed by atoms with Crippen LogP contribution in [0.15, 0.2) is 65.1 Å². The summed E-state index contributed by atoms with van der Waals surface area (Å²) >= 11 is 1.39. The number of carbonyl (C=O) groups excluding carboxylic acids is 1. The highest BCUT2D eigenvalue weighted by Crippen LogP contribution is 2.25. The van der Waals surface area contributed by atoms with Crippen LogP contribution >= 0.6 is 11.9 Å². The van der Waals surface area contributed by atoms with Crippen molar-refractivity contribution in [1.29, 1.82) is 0 Å². The van der Waals surface area contributed by atoms with Crippen molar-refractivity contribution >= 4 is 24.2 Å². The quantitative estimate of drug-likeness (QED) is 0.242. The first-order chi connectivity index (χ1) is 17.3. The van der Waals surface area contributed by atoms with Crippen molar-refractivity contribution in [1.82, 2.24) is 19.5 Å². The number of nitrogens with one attached hydrogen (secondary N) is 1. The number of aromatic nitrogens is 1. The zero-order chi connectivity index (χ0) is 25.9. The molecule has 0 bridgehead atoms. The standard InChI is InChI=1S/C27H37N5O3S/c1-20-10-8-14-24(29-20)27(34)30-25(16-22-11-6-5-7-12-22)26(33)18-32(17-23-13-9-15-35-23)36-21(2)28-19-31(3)4/h5-8,10-12,14,19,23,25-26,33H,2,9,13,15-18H2,1,3-4H3,(H,30,34)/b28-19-. The van der Waals surface area contributed by atoms with Crippen molar-refractivity contribution in [2.75, 3.05) is 33.8 Å². The van der Waals surface area contributed by atoms with Crippen LogP contribution in [0.1, 0.15) is 34.6 Å². The highest BCUT2D eigenvalue weighted by atomic mass is 32.2. The minimum Gasteiger partial charge on any atom is -0.390 e. The highest BCUT2D eigenvalue weighted by molar-refractivity contribution is 8.00. The minimum absolute atomic E-state index is 0.0917. The Morgan fingerprint density at radius 1 is 1.31 bits per heavy atom. The molecule has 3 rings (SSSR count). The average Bonchev–Trinajstić information content (AvgIpc) is 3.36. The number of ether oxygens (including phenoxy) is 1. The van der Waals surface area contributed by atoms with Gasteiger partial charge in [-0.05, 0) is 55.8 Å². The van der Waals surface area contributed by atoms with Crippen LogP contribution in [0.2, 0.25) is 0 Å². The van der Waals surface area contributed by atoms with Crippen LogP contribution in [-0.2, 0) is 11.2 Å². The Labute approximate surface area is 218 Å². The maximum atomic E-state index is 13.0. The molecule has 3 unspecified atom stereocenters. The van der Waals surface area contributed by atoms with E-state index in [9.17, 15) is 9.90 Å². The Morgan fingerprint density at radius 3 is 2.75 bits per heavy atom. The Kier molecular flexibility index (Phi) is 10.9. The average molecular weight is 512 g/mol. The number of aliphatic hydroxyl groups is 1. The predicted octanol–water partition coefficient (Wildman–Crippen LogP) is 3.28. The Hall–Kier alpha value is -2.72. The maximum Gasteiger partial charge on any atom is 0.270 e. The van der Waals surface area contributed by atoms with Gasteiger partial charge in [-0.15, -0.1) is 0 Å². The molecule has 1 saturated heterocycles. The van der Waals surface area contributed by atoms with Crippen LogP contribution in [0.25, 0.3) is 0 Å². The number of hydrogen-bond acceptors (Lipinski definition) is 7. The summed E-state index contributed by atoms with van der Waals surface area (Å²) in [5.41, 5.74) is 2.12. The molecule has 0 radical (unpaired) electrons. The normalized spacial score (nSPS) is 17.3. The molecule has 9 heteroatoms. The molecule has 3 atom stereocenters. The van der Waals surface area contributed by atoms with Gasteiger partial charge in [-0.2, -0.15) is 0 Å². The SMILES string of the molecule is C=C(/N=C\N(C)C)SN(CC1CCCO1)CC(O)C(Cc1ccccc1)NC(=O)c1cccc(C)n1. The summed E-state index contributed by atoms with van der Waals surface area (Å²) in [6, 6.07) is 14.7. The molecule has 1 fully saturated rings. The van der Waals surface area contributed by atoms with Crippen LogP contribution in [0.3, 0.4) is 0 Å². The van der Waals surface area contributed by atoms with Crippen LogP contribution in [0.4, 0.5) is 0 Å². The molecular weight excluding hydrogens is 474 g/mol. The molecular formula is C27H37N5O3S. The number of aliphatic imine (C=N–C) groups is 1. The lowest BCUT2D eigenvalue weighted by Gasteiger charge is -2.30. The third kappa shape index (κ3) is 9.39. The van der Waals surface area contributed by atoms with Crippen molar-refractivity contribution in [3.63, 3.8) is 0 Å². The number of hydrogen-bond donors (Lipinski definition) is 2. The molecule has 1 aliphatic heterocycles. The first-order valence-electron chi connectivity index (χ1n) is 12.2. The van der Waals surface area contributed by atoms with Gasteiger partial charge < -0.3 is 20.1 Å². The molecule has 2 aromatic rings. The van der Waals surface area contributed by atoms with E-state index < -0.39 is 12.1 Å². The second kappa shape index (κ2) is 14.1. The van der Waals surface area contributed by atoms with E-state index >= 15 is 0 Å². The van der Waals surface area contributed by atoms with Gasteiger partial charge >= 0.3 is 0 Å². The summed E-state index contributed by atoms with van der Waals surface area (Å²) in [4.78, 5) is 23.6. The molecule has 194 valence electrons. The summed E-state index contributed by atoms with van der Waals surface area (Å²) < 4.78 is 7.88. The molecule has 1 aromatic heterocycles. The van der Waals surface area contributed by atoms with Gasteiger partial charge in [0.05, 0.1) is 24.6 Å². The Balaban J connectivity index is 1.75. The van der Waals surface area contributed by atoms with Gasteiger partial charge in [-0.25, -0.2) is 14.3 Å². The van der Waals surface area contributed by atoms with Gasteiger partial charge in [0, 0.05) is 39.5 Å². The van der Waals surface area contributed by atoms with Crippen molar-refractivity contribution in [2.24, 2.45) is 4.99 Å². The fourth-order valence-electron chi connectivity index (χ4n) is 3.92. The molecule has 1 amide bonds. The highest BCUT2D eigenvalue weighted by Gasteiger charge is 2.28. The van der Waals surface area contributed by atoms with Gasteiger partial charge in [-0.3, -0.25) is 4.79 Å². The second-order valence-electron chi connectivity index (χ2n) is 9.18. The van der Waals surface area contributed by atoms with Gasteiger partial charge in [0.25, 0.3) is 5.91 Å². The van der Waals surface area contributed by atoms with Gasteiger partial charge in [-0.1, -0.05) is 43.0 Å². The first kappa shape index (κ1) is 27.9. The summed E-state index contributed by atoms with van der Waals surface area (Å²) in [6.45, 7) is 7.59. The van der Waals surface area contributed by atoms with Crippen LogP contribution < -0.4 is 5.32 Å². The molecule has 2 N–H and O–H groups in total. The summed E-state index contributed by atoms with van der Waals surface area (Å²) in [6.07, 6.45) is 3.43. The number of benzene rings is 1. The zero-order valence-corrected chi connectivity index (χ0v) is 22.2. The summed E-state index contributed by atoms with van der Waals surface area (Å²) in [5.74, 6) is -0.308. The third-order valence-electron chi connectivity index (χ3n) is 5.69. The smallest absolute Gasteiger partial charge is 0.270 e. The molecule has 0 aliphatic carbocycles. The van der Waals surface area contributed by atoms with E-state index in [0.717, 1.165) is 30.7 Å². The number of amides is 1. The lowest BCUT2D eigenvalue weighted by atomic mass is 10.0. The van der Waals surface area contributed by atoms with E-state index in [2.05, 4.69) is 21.9 Å². The first-order valence-corrected chi connectivity index (χ1v) is 13.0. The lowest BCUT2D eigenvalue weighted by molar-refractivity contribution is 0.0651. The van der Waals surface area contributed by atoms with Gasteiger partial charge in [0.1, 0.15) is 10.7 Å². The summed E-state index contributed by atoms with van der Waals surface area (Å²) in [7, 11) is 3.80. The zero-order valence-electron chi connectivity index (χ0n) is 21.3. The topological polar surface area (TPSA) is 90.3 Å². The largest absolute Gasteiger partial charge is 0.390 e. The molecule has 0 spiro atoms. The van der Waals surface area contributed by atoms with Gasteiger partial charge in [0.15, 0.2) is 0 Å². The fourth-order valence-corrected chi connectivity index (χ4v) is 4.78. The minimum atomic E-state index is -0.849. The van der Waals surface area contributed by atoms with E-state index in [4.69, 9.17) is 4.74 Å². The number of carbonyl (C=O) groups is 1. The number of aliphatic hydroxyl groups excluding tert-OH is 1. The number of nitrogens with zero attached hydrogens (tertiary/aromatic N) is 4. The molecule has 2 heterocycles. The fraction of sp³-hybridized carbons (Fsp3) is 0.444. The third-order valence-corrected chi connectivity index (χ3v) is 6.56. The van der Waals surface area contributed by atoms with E-state index in [1.807, 2.05) is 66.6 Å². The Morgan fingerprint density at radius 2 is 2.08 bits per heavy atom. The molecule has 1 aliphatic rings. The Bertz CT molecular complexity index is 1010. The van der Waals surface area contributed by atoms with Crippen molar-refractivity contribution in [3.8, 4) is 0 Å². The maximum absolute atomic E-state index is 13.0. The van der Waals surface area contributed by atoms with Crippen LogP contribution in [-0.4, -0.2) is 83.6 Å². The summed E-state index contributed by atoms with van der Waals surface area (Å²) in [5, 5.41) is 15.0. The van der Waals surface area contributed by atoms with E-state index in [0.29, 0.717) is 30.2 Å². The monoisotopic (exact) mass is 511 g/mol. The lowest BCUT2D eigenvalue weighted by Crippen LogP contribution is -2.49. The molecule has 36 heavy (non-hydrogen) atoms. The van der Waals surface area contributed by atoms with Crippen molar-refractivity contribution in [2.45, 2.75) is 44.4 Å². The van der Waals surface area contributed by atoms with Crippen molar-refractivity contribution in [3.05, 3.63) is 77.1 Å². The van der Waals surface area contributed by atoms with Crippen LogP contribution in [0, 0.1) is 6.92 Å². The number of aryl methyl sites for hydroxylation is 1. The molecule has 1 aromatic carbocycles.